The Kier molecular flexibility index (Phi) is 2.69. The van der Waals surface area contributed by atoms with E-state index >= 15 is 0 Å². The van der Waals surface area contributed by atoms with Crippen molar-refractivity contribution in [2.24, 2.45) is 0 Å². The van der Waals surface area contributed by atoms with Gasteiger partial charge in [-0.2, -0.15) is 4.98 Å². The lowest BCUT2D eigenvalue weighted by atomic mass is 10.2. The van der Waals surface area contributed by atoms with Crippen LogP contribution in [0.3, 0.4) is 0 Å². The van der Waals surface area contributed by atoms with E-state index in [2.05, 4.69) is 15.3 Å². The van der Waals surface area contributed by atoms with Crippen molar-refractivity contribution in [1.82, 2.24) is 15.3 Å². The van der Waals surface area contributed by atoms with Gasteiger partial charge >= 0.3 is 6.01 Å². The quantitative estimate of drug-likeness (QED) is 0.795. The Hall–Kier alpha value is -1.07. The number of nitrogens with one attached hydrogen (secondary N) is 1. The minimum Gasteiger partial charge on any atom is -0.470 e. The first-order valence-corrected chi connectivity index (χ1v) is 4.61. The Morgan fingerprint density at radius 2 is 2.36 bits per heavy atom. The zero-order valence-electron chi connectivity index (χ0n) is 7.66. The topological polar surface area (TPSA) is 56.3 Å². The summed E-state index contributed by atoms with van der Waals surface area (Å²) in [6, 6.07) is 0.261. The highest BCUT2D eigenvalue weighted by Crippen LogP contribution is 2.24. The minimum atomic E-state index is 0.145. The monoisotopic (exact) mass is 215 g/mol. The van der Waals surface area contributed by atoms with Gasteiger partial charge in [-0.3, -0.25) is 0 Å². The fourth-order valence-corrected chi connectivity index (χ4v) is 1.16. The van der Waals surface area contributed by atoms with Gasteiger partial charge < -0.3 is 14.8 Å². The second-order valence-corrected chi connectivity index (χ2v) is 3.32. The number of halogens is 1. The average Bonchev–Trinajstić information content (AvgIpc) is 2.14. The van der Waals surface area contributed by atoms with Crippen molar-refractivity contribution in [1.29, 1.82) is 0 Å². The maximum atomic E-state index is 5.85. The summed E-state index contributed by atoms with van der Waals surface area (Å²) in [5.74, 6) is 0.380. The summed E-state index contributed by atoms with van der Waals surface area (Å²) in [6.07, 6.45) is 1.61. The van der Waals surface area contributed by atoms with Crippen LogP contribution in [0.4, 0.5) is 0 Å². The molecule has 2 rings (SSSR count). The van der Waals surface area contributed by atoms with E-state index in [4.69, 9.17) is 21.1 Å². The van der Waals surface area contributed by atoms with Crippen LogP contribution in [0.2, 0.25) is 5.02 Å². The van der Waals surface area contributed by atoms with Crippen molar-refractivity contribution >= 4 is 11.6 Å². The van der Waals surface area contributed by atoms with Crippen molar-refractivity contribution in [3.63, 3.8) is 0 Å². The Balaban J connectivity index is 2.13. The van der Waals surface area contributed by atoms with E-state index in [0.717, 1.165) is 13.1 Å². The summed E-state index contributed by atoms with van der Waals surface area (Å²) in [5, 5.41) is 3.49. The van der Waals surface area contributed by atoms with Gasteiger partial charge in [0.2, 0.25) is 5.88 Å². The zero-order valence-corrected chi connectivity index (χ0v) is 8.41. The Morgan fingerprint density at radius 1 is 1.57 bits per heavy atom. The maximum absolute atomic E-state index is 5.85. The number of rotatable bonds is 3. The van der Waals surface area contributed by atoms with Crippen molar-refractivity contribution < 1.29 is 9.47 Å². The molecule has 76 valence electrons. The van der Waals surface area contributed by atoms with Crippen molar-refractivity contribution in [2.75, 3.05) is 20.2 Å². The van der Waals surface area contributed by atoms with Crippen LogP contribution in [0.15, 0.2) is 6.20 Å². The smallest absolute Gasteiger partial charge is 0.319 e. The van der Waals surface area contributed by atoms with E-state index in [1.54, 1.807) is 0 Å². The van der Waals surface area contributed by atoms with Crippen LogP contribution >= 0.6 is 11.6 Å². The molecule has 0 amide bonds. The highest BCUT2D eigenvalue weighted by molar-refractivity contribution is 6.31. The van der Waals surface area contributed by atoms with E-state index in [9.17, 15) is 0 Å². The standard InChI is InChI=1S/C8H10ClN3O2/c1-13-8-11-4-6(9)7(12-8)14-5-2-10-3-5/h4-5,10H,2-3H2,1H3. The highest BCUT2D eigenvalue weighted by Gasteiger charge is 2.20. The Bertz CT molecular complexity index is 330. The van der Waals surface area contributed by atoms with Crippen LogP contribution in [0, 0.1) is 0 Å². The van der Waals surface area contributed by atoms with E-state index < -0.39 is 0 Å². The average molecular weight is 216 g/mol. The van der Waals surface area contributed by atoms with Crippen LogP contribution in [-0.2, 0) is 0 Å². The molecule has 1 fully saturated rings. The summed E-state index contributed by atoms with van der Waals surface area (Å²) in [4.78, 5) is 7.84. The van der Waals surface area contributed by atoms with Crippen molar-refractivity contribution in [3.05, 3.63) is 11.2 Å². The molecule has 0 aliphatic carbocycles. The molecule has 0 atom stereocenters. The summed E-state index contributed by atoms with van der Waals surface area (Å²) in [6.45, 7) is 1.64. The van der Waals surface area contributed by atoms with Crippen LogP contribution in [-0.4, -0.2) is 36.3 Å². The Labute approximate surface area is 86.4 Å². The van der Waals surface area contributed by atoms with E-state index in [1.165, 1.54) is 13.3 Å². The predicted octanol–water partition coefficient (Wildman–Crippen LogP) is 0.489. The van der Waals surface area contributed by atoms with Crippen LogP contribution < -0.4 is 14.8 Å². The predicted molar refractivity (Wildman–Crippen MR) is 50.9 cm³/mol. The molecule has 0 spiro atoms. The third-order valence-corrected chi connectivity index (χ3v) is 2.15. The van der Waals surface area contributed by atoms with Crippen LogP contribution in [0.5, 0.6) is 11.9 Å². The lowest BCUT2D eigenvalue weighted by molar-refractivity contribution is 0.134. The fourth-order valence-electron chi connectivity index (χ4n) is 1.02. The molecule has 1 aliphatic rings. The first-order valence-electron chi connectivity index (χ1n) is 4.23. The SMILES string of the molecule is COc1ncc(Cl)c(OC2CNC2)n1. The number of hydrogen-bond acceptors (Lipinski definition) is 5. The molecule has 0 aromatic carbocycles. The third-order valence-electron chi connectivity index (χ3n) is 1.89. The molecule has 0 unspecified atom stereocenters. The molecule has 14 heavy (non-hydrogen) atoms. The van der Waals surface area contributed by atoms with E-state index in [1.807, 2.05) is 0 Å². The largest absolute Gasteiger partial charge is 0.470 e. The minimum absolute atomic E-state index is 0.145. The summed E-state index contributed by atoms with van der Waals surface area (Å²) in [7, 11) is 1.50. The lowest BCUT2D eigenvalue weighted by Crippen LogP contribution is -2.50. The van der Waals surface area contributed by atoms with Gasteiger partial charge in [0.25, 0.3) is 0 Å². The molecule has 5 nitrogen and oxygen atoms in total. The zero-order chi connectivity index (χ0) is 9.97. The third kappa shape index (κ3) is 1.88. The molecule has 1 N–H and O–H groups in total. The lowest BCUT2D eigenvalue weighted by Gasteiger charge is -2.27. The van der Waals surface area contributed by atoms with Gasteiger partial charge in [0, 0.05) is 13.1 Å². The van der Waals surface area contributed by atoms with Crippen molar-refractivity contribution in [2.45, 2.75) is 6.10 Å². The van der Waals surface area contributed by atoms with E-state index in [0.29, 0.717) is 10.9 Å². The first-order chi connectivity index (χ1) is 6.79. The molecule has 0 saturated carbocycles. The molecule has 0 bridgehead atoms. The number of aromatic nitrogens is 2. The van der Waals surface area contributed by atoms with Gasteiger partial charge in [-0.15, -0.1) is 0 Å². The second-order valence-electron chi connectivity index (χ2n) is 2.91. The van der Waals surface area contributed by atoms with Gasteiger partial charge in [-0.25, -0.2) is 4.98 Å². The van der Waals surface area contributed by atoms with Crippen LogP contribution in [0.1, 0.15) is 0 Å². The molecular formula is C8H10ClN3O2. The molecule has 1 saturated heterocycles. The normalized spacial score (nSPS) is 16.1. The maximum Gasteiger partial charge on any atom is 0.319 e. The summed E-state index contributed by atoms with van der Waals surface area (Å²) < 4.78 is 10.4. The highest BCUT2D eigenvalue weighted by atomic mass is 35.5. The fraction of sp³-hybridized carbons (Fsp3) is 0.500. The van der Waals surface area contributed by atoms with Gasteiger partial charge in [0.1, 0.15) is 11.1 Å². The summed E-state index contributed by atoms with van der Waals surface area (Å²) in [5.41, 5.74) is 0. The Morgan fingerprint density at radius 3 is 2.93 bits per heavy atom. The van der Waals surface area contributed by atoms with Gasteiger partial charge in [0.05, 0.1) is 13.3 Å². The molecule has 2 heterocycles. The van der Waals surface area contributed by atoms with Gasteiger partial charge in [0.15, 0.2) is 0 Å². The summed E-state index contributed by atoms with van der Waals surface area (Å²) >= 11 is 5.85. The van der Waals surface area contributed by atoms with Gasteiger partial charge in [-0.05, 0) is 0 Å². The molecular weight excluding hydrogens is 206 g/mol. The first kappa shape index (κ1) is 9.48. The number of methoxy groups -OCH3 is 1. The number of ether oxygens (including phenoxy) is 2. The number of hydrogen-bond donors (Lipinski definition) is 1. The molecule has 1 aromatic rings. The molecule has 1 aliphatic heterocycles. The van der Waals surface area contributed by atoms with Gasteiger partial charge in [-0.1, -0.05) is 11.6 Å². The van der Waals surface area contributed by atoms with Crippen molar-refractivity contribution in [3.8, 4) is 11.9 Å². The molecule has 1 aromatic heterocycles. The second kappa shape index (κ2) is 3.98. The van der Waals surface area contributed by atoms with Crippen LogP contribution in [0.25, 0.3) is 0 Å². The molecule has 0 radical (unpaired) electrons. The van der Waals surface area contributed by atoms with E-state index in [-0.39, 0.29) is 12.1 Å². The number of nitrogens with zero attached hydrogens (tertiary/aromatic N) is 2. The molecule has 6 heteroatoms.